The Balaban J connectivity index is 1.96. The van der Waals surface area contributed by atoms with Gasteiger partial charge in [0.15, 0.2) is 0 Å². The monoisotopic (exact) mass is 290 g/mol. The molecule has 3 nitrogen and oxygen atoms in total. The molecule has 0 aliphatic heterocycles. The van der Waals surface area contributed by atoms with Crippen LogP contribution in [-0.4, -0.2) is 16.6 Å². The highest BCUT2D eigenvalue weighted by molar-refractivity contribution is 6.17. The highest BCUT2D eigenvalue weighted by Gasteiger charge is 2.04. The average molecular weight is 291 g/mol. The Bertz CT molecular complexity index is 531. The fourth-order valence-electron chi connectivity index (χ4n) is 1.96. The highest BCUT2D eigenvalue weighted by atomic mass is 35.5. The van der Waals surface area contributed by atoms with Crippen molar-refractivity contribution in [2.45, 2.75) is 32.1 Å². The van der Waals surface area contributed by atoms with E-state index >= 15 is 0 Å². The second kappa shape index (κ2) is 7.85. The normalized spacial score (nSPS) is 10.5. The maximum atomic E-state index is 5.91. The summed E-state index contributed by atoms with van der Waals surface area (Å²) >= 11 is 5.91. The van der Waals surface area contributed by atoms with Crippen molar-refractivity contribution in [3.8, 4) is 5.88 Å². The van der Waals surface area contributed by atoms with E-state index in [1.807, 2.05) is 30.3 Å². The molecule has 4 heteroatoms. The summed E-state index contributed by atoms with van der Waals surface area (Å²) in [6, 6.07) is 9.84. The smallest absolute Gasteiger partial charge is 0.213 e. The molecule has 2 aromatic heterocycles. The van der Waals surface area contributed by atoms with E-state index < -0.39 is 0 Å². The summed E-state index contributed by atoms with van der Waals surface area (Å²) in [4.78, 5) is 8.77. The van der Waals surface area contributed by atoms with Gasteiger partial charge in [0, 0.05) is 36.0 Å². The SMILES string of the molecule is CCCc1cc(CCl)cc(OCCc2ccccn2)n1. The van der Waals surface area contributed by atoms with E-state index in [0.29, 0.717) is 18.4 Å². The van der Waals surface area contributed by atoms with Crippen LogP contribution in [0.25, 0.3) is 0 Å². The van der Waals surface area contributed by atoms with Gasteiger partial charge < -0.3 is 4.74 Å². The predicted molar refractivity (Wildman–Crippen MR) is 81.2 cm³/mol. The Labute approximate surface area is 125 Å². The highest BCUT2D eigenvalue weighted by Crippen LogP contribution is 2.16. The van der Waals surface area contributed by atoms with E-state index in [9.17, 15) is 0 Å². The summed E-state index contributed by atoms with van der Waals surface area (Å²) in [5.74, 6) is 1.14. The minimum absolute atomic E-state index is 0.482. The molecule has 0 aliphatic rings. The number of aryl methyl sites for hydroxylation is 1. The van der Waals surface area contributed by atoms with Crippen LogP contribution in [0.15, 0.2) is 36.5 Å². The fourth-order valence-corrected chi connectivity index (χ4v) is 2.12. The molecule has 2 rings (SSSR count). The van der Waals surface area contributed by atoms with E-state index in [-0.39, 0.29) is 0 Å². The minimum Gasteiger partial charge on any atom is -0.477 e. The molecule has 0 bridgehead atoms. The Hall–Kier alpha value is -1.61. The molecule has 0 saturated heterocycles. The van der Waals surface area contributed by atoms with E-state index in [0.717, 1.165) is 36.2 Å². The average Bonchev–Trinajstić information content (AvgIpc) is 2.48. The van der Waals surface area contributed by atoms with Crippen LogP contribution in [0.5, 0.6) is 5.88 Å². The Kier molecular flexibility index (Phi) is 5.81. The molecule has 0 amide bonds. The topological polar surface area (TPSA) is 35.0 Å². The van der Waals surface area contributed by atoms with E-state index in [4.69, 9.17) is 16.3 Å². The lowest BCUT2D eigenvalue weighted by Crippen LogP contribution is -2.05. The van der Waals surface area contributed by atoms with Crippen molar-refractivity contribution < 1.29 is 4.74 Å². The number of rotatable bonds is 7. The molecule has 106 valence electrons. The third-order valence-corrected chi connectivity index (χ3v) is 3.22. The summed E-state index contributed by atoms with van der Waals surface area (Å²) in [7, 11) is 0. The third kappa shape index (κ3) is 4.49. The molecular weight excluding hydrogens is 272 g/mol. The van der Waals surface area contributed by atoms with Crippen LogP contribution in [0.4, 0.5) is 0 Å². The van der Waals surface area contributed by atoms with Crippen LogP contribution in [-0.2, 0) is 18.7 Å². The first-order valence-electron chi connectivity index (χ1n) is 6.90. The zero-order valence-corrected chi connectivity index (χ0v) is 12.4. The number of alkyl halides is 1. The van der Waals surface area contributed by atoms with Crippen LogP contribution in [0.2, 0.25) is 0 Å². The molecule has 0 saturated carbocycles. The van der Waals surface area contributed by atoms with Crippen molar-refractivity contribution in [1.82, 2.24) is 9.97 Å². The predicted octanol–water partition coefficient (Wildman–Crippen LogP) is 3.79. The quantitative estimate of drug-likeness (QED) is 0.728. The van der Waals surface area contributed by atoms with Gasteiger partial charge in [0.2, 0.25) is 5.88 Å². The van der Waals surface area contributed by atoms with Crippen LogP contribution in [0, 0.1) is 0 Å². The standard InChI is InChI=1S/C16H19ClN2O/c1-2-5-15-10-13(12-17)11-16(19-15)20-9-7-14-6-3-4-8-18-14/h3-4,6,8,10-11H,2,5,7,9,12H2,1H3. The molecule has 0 spiro atoms. The van der Waals surface area contributed by atoms with Crippen molar-refractivity contribution in [2.75, 3.05) is 6.61 Å². The maximum Gasteiger partial charge on any atom is 0.213 e. The largest absolute Gasteiger partial charge is 0.477 e. The number of nitrogens with zero attached hydrogens (tertiary/aromatic N) is 2. The molecule has 0 radical (unpaired) electrons. The lowest BCUT2D eigenvalue weighted by atomic mass is 10.2. The fraction of sp³-hybridized carbons (Fsp3) is 0.375. The molecule has 2 heterocycles. The Morgan fingerprint density at radius 1 is 1.15 bits per heavy atom. The first kappa shape index (κ1) is 14.8. The van der Waals surface area contributed by atoms with E-state index in [1.54, 1.807) is 6.20 Å². The molecule has 0 atom stereocenters. The van der Waals surface area contributed by atoms with Crippen LogP contribution >= 0.6 is 11.6 Å². The zero-order valence-electron chi connectivity index (χ0n) is 11.7. The van der Waals surface area contributed by atoms with Gasteiger partial charge in [-0.05, 0) is 30.2 Å². The van der Waals surface area contributed by atoms with Gasteiger partial charge in [0.1, 0.15) is 0 Å². The molecule has 0 N–H and O–H groups in total. The number of aromatic nitrogens is 2. The third-order valence-electron chi connectivity index (χ3n) is 2.91. The molecule has 0 aliphatic carbocycles. The zero-order chi connectivity index (χ0) is 14.2. The number of hydrogen-bond donors (Lipinski definition) is 0. The summed E-state index contributed by atoms with van der Waals surface area (Å²) in [5.41, 5.74) is 3.12. The summed E-state index contributed by atoms with van der Waals surface area (Å²) in [6.07, 6.45) is 4.57. The maximum absolute atomic E-state index is 5.91. The van der Waals surface area contributed by atoms with Gasteiger partial charge in [-0.3, -0.25) is 4.98 Å². The second-order valence-electron chi connectivity index (χ2n) is 4.61. The van der Waals surface area contributed by atoms with E-state index in [2.05, 4.69) is 16.9 Å². The van der Waals surface area contributed by atoms with Gasteiger partial charge in [0.25, 0.3) is 0 Å². The van der Waals surface area contributed by atoms with Gasteiger partial charge in [0.05, 0.1) is 6.61 Å². The molecule has 2 aromatic rings. The van der Waals surface area contributed by atoms with Crippen molar-refractivity contribution in [1.29, 1.82) is 0 Å². The summed E-state index contributed by atoms with van der Waals surface area (Å²) in [6.45, 7) is 2.71. The van der Waals surface area contributed by atoms with Gasteiger partial charge >= 0.3 is 0 Å². The van der Waals surface area contributed by atoms with Gasteiger partial charge in [-0.15, -0.1) is 11.6 Å². The van der Waals surface area contributed by atoms with Gasteiger partial charge in [-0.25, -0.2) is 4.98 Å². The Morgan fingerprint density at radius 3 is 2.75 bits per heavy atom. The summed E-state index contributed by atoms with van der Waals surface area (Å²) < 4.78 is 5.73. The van der Waals surface area contributed by atoms with Crippen molar-refractivity contribution in [3.63, 3.8) is 0 Å². The first-order valence-corrected chi connectivity index (χ1v) is 7.43. The minimum atomic E-state index is 0.482. The molecule has 0 unspecified atom stereocenters. The van der Waals surface area contributed by atoms with Crippen molar-refractivity contribution >= 4 is 11.6 Å². The Morgan fingerprint density at radius 2 is 2.05 bits per heavy atom. The number of halogens is 1. The van der Waals surface area contributed by atoms with Gasteiger partial charge in [-0.2, -0.15) is 0 Å². The lowest BCUT2D eigenvalue weighted by molar-refractivity contribution is 0.307. The molecule has 0 fully saturated rings. The van der Waals surface area contributed by atoms with Crippen LogP contribution in [0.3, 0.4) is 0 Å². The summed E-state index contributed by atoms with van der Waals surface area (Å²) in [5, 5.41) is 0. The number of pyridine rings is 2. The first-order chi connectivity index (χ1) is 9.81. The molecular formula is C16H19ClN2O. The van der Waals surface area contributed by atoms with Crippen molar-refractivity contribution in [3.05, 3.63) is 53.5 Å². The van der Waals surface area contributed by atoms with Crippen molar-refractivity contribution in [2.24, 2.45) is 0 Å². The second-order valence-corrected chi connectivity index (χ2v) is 4.88. The number of hydrogen-bond acceptors (Lipinski definition) is 3. The number of ether oxygens (including phenoxy) is 1. The lowest BCUT2D eigenvalue weighted by Gasteiger charge is -2.09. The van der Waals surface area contributed by atoms with Crippen LogP contribution in [0.1, 0.15) is 30.3 Å². The van der Waals surface area contributed by atoms with Gasteiger partial charge in [-0.1, -0.05) is 19.4 Å². The molecule has 20 heavy (non-hydrogen) atoms. The van der Waals surface area contributed by atoms with Crippen LogP contribution < -0.4 is 4.74 Å². The van der Waals surface area contributed by atoms with E-state index in [1.165, 1.54) is 0 Å². The molecule has 0 aromatic carbocycles.